The van der Waals surface area contributed by atoms with Crippen molar-refractivity contribution in [2.75, 3.05) is 37.0 Å². The number of carbonyl (C=O) groups is 2. The number of anilines is 2. The Kier molecular flexibility index (Phi) is 7.76. The largest absolute Gasteiger partial charge is 0.496 e. The Bertz CT molecular complexity index is 1210. The highest BCUT2D eigenvalue weighted by Gasteiger charge is 2.27. The lowest BCUT2D eigenvalue weighted by molar-refractivity contribution is -0.117. The normalized spacial score (nSPS) is 17.0. The molecular weight excluding hydrogens is 466 g/mol. The molecule has 0 bridgehead atoms. The number of methoxy groups -OCH3 is 1. The Morgan fingerprint density at radius 2 is 1.80 bits per heavy atom. The van der Waals surface area contributed by atoms with Crippen LogP contribution in [0.4, 0.5) is 11.4 Å². The molecule has 2 fully saturated rings. The van der Waals surface area contributed by atoms with E-state index in [9.17, 15) is 18.0 Å². The molecule has 0 unspecified atom stereocenters. The number of carbonyl (C=O) groups excluding carboxylic acids is 2. The molecule has 2 saturated heterocycles. The summed E-state index contributed by atoms with van der Waals surface area (Å²) >= 11 is 0. The third kappa shape index (κ3) is 5.67. The first-order valence-corrected chi connectivity index (χ1v) is 13.6. The Labute approximate surface area is 207 Å². The van der Waals surface area contributed by atoms with E-state index in [1.807, 2.05) is 19.1 Å². The molecular formula is C26H33N3O5S. The van der Waals surface area contributed by atoms with Crippen LogP contribution in [0.2, 0.25) is 0 Å². The maximum atomic E-state index is 13.1. The zero-order chi connectivity index (χ0) is 25.0. The Morgan fingerprint density at radius 1 is 1.03 bits per heavy atom. The molecule has 188 valence electrons. The van der Waals surface area contributed by atoms with Crippen molar-refractivity contribution in [3.05, 3.63) is 47.5 Å². The second kappa shape index (κ2) is 10.8. The predicted molar refractivity (Wildman–Crippen MR) is 135 cm³/mol. The molecule has 1 N–H and O–H groups in total. The number of hydrogen-bond acceptors (Lipinski definition) is 5. The number of ether oxygens (including phenoxy) is 1. The number of benzene rings is 2. The summed E-state index contributed by atoms with van der Waals surface area (Å²) in [5.74, 6) is 0.509. The number of nitrogens with one attached hydrogen (secondary N) is 1. The van der Waals surface area contributed by atoms with Gasteiger partial charge in [-0.2, -0.15) is 4.31 Å². The van der Waals surface area contributed by atoms with Crippen molar-refractivity contribution in [1.82, 2.24) is 4.31 Å². The number of hydrogen-bond donors (Lipinski definition) is 1. The smallest absolute Gasteiger partial charge is 0.243 e. The molecule has 2 heterocycles. The predicted octanol–water partition coefficient (Wildman–Crippen LogP) is 3.88. The van der Waals surface area contributed by atoms with Crippen molar-refractivity contribution in [2.45, 2.75) is 56.8 Å². The van der Waals surface area contributed by atoms with E-state index < -0.39 is 10.0 Å². The number of aryl methyl sites for hydroxylation is 2. The molecule has 9 heteroatoms. The van der Waals surface area contributed by atoms with Crippen molar-refractivity contribution in [3.8, 4) is 5.75 Å². The lowest BCUT2D eigenvalue weighted by atomic mass is 10.1. The van der Waals surface area contributed by atoms with Gasteiger partial charge in [-0.05, 0) is 80.1 Å². The zero-order valence-electron chi connectivity index (χ0n) is 20.4. The van der Waals surface area contributed by atoms with Crippen molar-refractivity contribution < 1.29 is 22.7 Å². The SMILES string of the molecule is COc1ccc(S(=O)(=O)N2CCCCC2)cc1CCC(=O)Nc1ccc(N2CCCC2=O)c(C)c1. The van der Waals surface area contributed by atoms with Gasteiger partial charge in [-0.15, -0.1) is 0 Å². The molecule has 0 aliphatic carbocycles. The van der Waals surface area contributed by atoms with Gasteiger partial charge in [-0.1, -0.05) is 6.42 Å². The van der Waals surface area contributed by atoms with E-state index in [1.165, 1.54) is 11.4 Å². The molecule has 2 aromatic carbocycles. The van der Waals surface area contributed by atoms with E-state index in [4.69, 9.17) is 4.74 Å². The van der Waals surface area contributed by atoms with Crippen LogP contribution in [0.3, 0.4) is 0 Å². The van der Waals surface area contributed by atoms with Crippen molar-refractivity contribution >= 4 is 33.2 Å². The van der Waals surface area contributed by atoms with Gasteiger partial charge in [0.15, 0.2) is 0 Å². The molecule has 0 radical (unpaired) electrons. The average Bonchev–Trinajstić information content (AvgIpc) is 3.28. The average molecular weight is 500 g/mol. The van der Waals surface area contributed by atoms with Crippen LogP contribution in [0.25, 0.3) is 0 Å². The summed E-state index contributed by atoms with van der Waals surface area (Å²) in [5, 5.41) is 2.91. The quantitative estimate of drug-likeness (QED) is 0.595. The maximum Gasteiger partial charge on any atom is 0.243 e. The van der Waals surface area contributed by atoms with Gasteiger partial charge in [0.1, 0.15) is 5.75 Å². The first-order valence-electron chi connectivity index (χ1n) is 12.2. The van der Waals surface area contributed by atoms with Gasteiger partial charge in [0.25, 0.3) is 0 Å². The molecule has 2 aliphatic heterocycles. The van der Waals surface area contributed by atoms with Gasteiger partial charge < -0.3 is 15.0 Å². The molecule has 2 amide bonds. The second-order valence-corrected chi connectivity index (χ2v) is 11.1. The van der Waals surface area contributed by atoms with Gasteiger partial charge in [-0.3, -0.25) is 9.59 Å². The van der Waals surface area contributed by atoms with Crippen LogP contribution in [0, 0.1) is 6.92 Å². The van der Waals surface area contributed by atoms with Gasteiger partial charge >= 0.3 is 0 Å². The monoisotopic (exact) mass is 499 g/mol. The summed E-state index contributed by atoms with van der Waals surface area (Å²) in [6.45, 7) is 3.72. The minimum Gasteiger partial charge on any atom is -0.496 e. The van der Waals surface area contributed by atoms with E-state index in [0.717, 1.165) is 43.5 Å². The van der Waals surface area contributed by atoms with Crippen molar-refractivity contribution in [3.63, 3.8) is 0 Å². The second-order valence-electron chi connectivity index (χ2n) is 9.14. The van der Waals surface area contributed by atoms with Gasteiger partial charge in [-0.25, -0.2) is 8.42 Å². The summed E-state index contributed by atoms with van der Waals surface area (Å²) in [6.07, 6.45) is 4.75. The van der Waals surface area contributed by atoms with Crippen molar-refractivity contribution in [2.24, 2.45) is 0 Å². The molecule has 2 aliphatic rings. The van der Waals surface area contributed by atoms with E-state index in [0.29, 0.717) is 42.9 Å². The molecule has 0 aromatic heterocycles. The van der Waals surface area contributed by atoms with Crippen LogP contribution >= 0.6 is 0 Å². The van der Waals surface area contributed by atoms with Crippen LogP contribution in [0.1, 0.15) is 49.7 Å². The summed E-state index contributed by atoms with van der Waals surface area (Å²) in [5.41, 5.74) is 3.15. The number of nitrogens with zero attached hydrogens (tertiary/aromatic N) is 2. The highest BCUT2D eigenvalue weighted by atomic mass is 32.2. The van der Waals surface area contributed by atoms with E-state index in [-0.39, 0.29) is 23.1 Å². The van der Waals surface area contributed by atoms with Crippen molar-refractivity contribution in [1.29, 1.82) is 0 Å². The lowest BCUT2D eigenvalue weighted by Gasteiger charge is -2.26. The number of sulfonamides is 1. The first-order chi connectivity index (χ1) is 16.8. The standard InChI is InChI=1S/C26H33N3O5S/c1-19-17-21(9-11-23(19)29-16-6-7-26(29)31)27-25(30)13-8-20-18-22(10-12-24(20)34-2)35(32,33)28-14-4-3-5-15-28/h9-12,17-18H,3-8,13-16H2,1-2H3,(H,27,30). The fourth-order valence-corrected chi connectivity index (χ4v) is 6.34. The third-order valence-electron chi connectivity index (χ3n) is 6.67. The highest BCUT2D eigenvalue weighted by Crippen LogP contribution is 2.29. The summed E-state index contributed by atoms with van der Waals surface area (Å²) in [7, 11) is -2.03. The molecule has 4 rings (SSSR count). The highest BCUT2D eigenvalue weighted by molar-refractivity contribution is 7.89. The van der Waals surface area contributed by atoms with Crippen LogP contribution in [0.5, 0.6) is 5.75 Å². The molecule has 0 atom stereocenters. The minimum atomic E-state index is -3.57. The summed E-state index contributed by atoms with van der Waals surface area (Å²) in [6, 6.07) is 10.4. The number of piperidine rings is 1. The lowest BCUT2D eigenvalue weighted by Crippen LogP contribution is -2.35. The summed E-state index contributed by atoms with van der Waals surface area (Å²) < 4.78 is 33.1. The van der Waals surface area contributed by atoms with E-state index >= 15 is 0 Å². The Hall–Kier alpha value is -2.91. The maximum absolute atomic E-state index is 13.1. The first kappa shape index (κ1) is 25.2. The van der Waals surface area contributed by atoms with Crippen LogP contribution in [0.15, 0.2) is 41.3 Å². The number of rotatable bonds is 8. The summed E-state index contributed by atoms with van der Waals surface area (Å²) in [4.78, 5) is 26.7. The Morgan fingerprint density at radius 3 is 2.46 bits per heavy atom. The van der Waals surface area contributed by atoms with E-state index in [2.05, 4.69) is 5.32 Å². The van der Waals surface area contributed by atoms with Gasteiger partial charge in [0.2, 0.25) is 21.8 Å². The fraction of sp³-hybridized carbons (Fsp3) is 0.462. The van der Waals surface area contributed by atoms with Crippen LogP contribution < -0.4 is 15.0 Å². The Balaban J connectivity index is 1.42. The zero-order valence-corrected chi connectivity index (χ0v) is 21.2. The molecule has 2 aromatic rings. The number of amides is 2. The third-order valence-corrected chi connectivity index (χ3v) is 8.57. The molecule has 8 nitrogen and oxygen atoms in total. The van der Waals surface area contributed by atoms with Crippen LogP contribution in [-0.4, -0.2) is 51.3 Å². The van der Waals surface area contributed by atoms with Gasteiger partial charge in [0, 0.05) is 43.9 Å². The van der Waals surface area contributed by atoms with Crippen LogP contribution in [-0.2, 0) is 26.0 Å². The topological polar surface area (TPSA) is 96.0 Å². The molecule has 0 spiro atoms. The fourth-order valence-electron chi connectivity index (χ4n) is 4.78. The molecule has 0 saturated carbocycles. The molecule has 35 heavy (non-hydrogen) atoms. The minimum absolute atomic E-state index is 0.128. The van der Waals surface area contributed by atoms with E-state index in [1.54, 1.807) is 29.2 Å². The van der Waals surface area contributed by atoms with Gasteiger partial charge in [0.05, 0.1) is 12.0 Å².